The van der Waals surface area contributed by atoms with Crippen molar-refractivity contribution in [1.82, 2.24) is 25.9 Å². The number of nitrogens with zero attached hydrogens (tertiary/aromatic N) is 1. The molecule has 0 unspecified atom stereocenters. The van der Waals surface area contributed by atoms with Gasteiger partial charge in [-0.2, -0.15) is 0 Å². The monoisotopic (exact) mass is 532 g/mol. The number of nitrogens with two attached hydrogens (primary N) is 3. The number of aliphatic hydroxyl groups is 1. The van der Waals surface area contributed by atoms with Crippen LogP contribution in [0.4, 0.5) is 0 Å². The molecule has 38 heavy (non-hydrogen) atoms. The van der Waals surface area contributed by atoms with Crippen LogP contribution in [0.5, 0.6) is 5.75 Å². The summed E-state index contributed by atoms with van der Waals surface area (Å²) in [7, 11) is 0. The first kappa shape index (κ1) is 30.2. The molecule has 12 N–H and O–H groups in total. The standard InChI is InChI=1S/C24H36N8O6/c25-8-2-1-3-17(26)22(36)30-18(9-14-4-6-16(34)7-5-14)23(37)31-19(10-15-11-28-13-29-15)24(38)32-20(12-33)21(27)35/h4-7,11,13,17-20,33-34H,1-3,8-10,12,25-26H2,(H2,27,35)(H,28,29)(H,30,36)(H,31,37)(H,32,38)/t17-,18+,19+,20+/m1/s1. The number of benzene rings is 1. The highest BCUT2D eigenvalue weighted by Crippen LogP contribution is 2.12. The number of carbonyl (C=O) groups excluding carboxylic acids is 4. The Morgan fingerprint density at radius 1 is 0.921 bits per heavy atom. The average Bonchev–Trinajstić information content (AvgIpc) is 3.40. The molecule has 1 heterocycles. The van der Waals surface area contributed by atoms with Crippen molar-refractivity contribution >= 4 is 23.6 Å². The van der Waals surface area contributed by atoms with Gasteiger partial charge in [0.15, 0.2) is 0 Å². The predicted octanol–water partition coefficient (Wildman–Crippen LogP) is -2.71. The van der Waals surface area contributed by atoms with Gasteiger partial charge in [-0.1, -0.05) is 18.6 Å². The Labute approximate surface area is 219 Å². The van der Waals surface area contributed by atoms with E-state index in [9.17, 15) is 29.4 Å². The molecule has 0 saturated carbocycles. The largest absolute Gasteiger partial charge is 0.508 e. The lowest BCUT2D eigenvalue weighted by atomic mass is 10.0. The van der Waals surface area contributed by atoms with Crippen LogP contribution in [-0.4, -0.2) is 81.1 Å². The maximum absolute atomic E-state index is 13.4. The Hall–Kier alpha value is -4.01. The number of aromatic amines is 1. The van der Waals surface area contributed by atoms with Crippen molar-refractivity contribution in [2.75, 3.05) is 13.2 Å². The van der Waals surface area contributed by atoms with Crippen molar-refractivity contribution in [2.45, 2.75) is 56.3 Å². The minimum Gasteiger partial charge on any atom is -0.508 e. The SMILES string of the molecule is NCCCC[C@@H](N)C(=O)N[C@@H](Cc1ccc(O)cc1)C(=O)N[C@@H](Cc1c[nH]cn1)C(=O)N[C@@H](CO)C(N)=O. The van der Waals surface area contributed by atoms with Gasteiger partial charge in [-0.3, -0.25) is 19.2 Å². The number of imidazole rings is 1. The van der Waals surface area contributed by atoms with Crippen molar-refractivity contribution in [3.8, 4) is 5.75 Å². The summed E-state index contributed by atoms with van der Waals surface area (Å²) < 4.78 is 0. The fraction of sp³-hybridized carbons (Fsp3) is 0.458. The van der Waals surface area contributed by atoms with E-state index in [1.165, 1.54) is 24.7 Å². The molecular weight excluding hydrogens is 496 g/mol. The van der Waals surface area contributed by atoms with Crippen molar-refractivity contribution < 1.29 is 29.4 Å². The lowest BCUT2D eigenvalue weighted by molar-refractivity contribution is -0.133. The minimum atomic E-state index is -1.36. The van der Waals surface area contributed by atoms with Gasteiger partial charge in [0.25, 0.3) is 0 Å². The zero-order valence-corrected chi connectivity index (χ0v) is 20.9. The molecule has 1 aromatic heterocycles. The smallest absolute Gasteiger partial charge is 0.243 e. The molecule has 4 amide bonds. The fourth-order valence-electron chi connectivity index (χ4n) is 3.57. The summed E-state index contributed by atoms with van der Waals surface area (Å²) in [5, 5.41) is 26.5. The second-order valence-corrected chi connectivity index (χ2v) is 8.79. The Balaban J connectivity index is 2.24. The minimum absolute atomic E-state index is 0.0318. The summed E-state index contributed by atoms with van der Waals surface area (Å²) in [4.78, 5) is 57.4. The molecule has 0 fully saturated rings. The van der Waals surface area contributed by atoms with Crippen molar-refractivity contribution in [2.24, 2.45) is 17.2 Å². The third-order valence-electron chi connectivity index (χ3n) is 5.76. The van der Waals surface area contributed by atoms with Crippen LogP contribution in [0.1, 0.15) is 30.5 Å². The number of hydrogen-bond donors (Lipinski definition) is 9. The zero-order chi connectivity index (χ0) is 28.1. The molecule has 0 aliphatic carbocycles. The molecule has 0 spiro atoms. The number of primary amides is 1. The van der Waals surface area contributed by atoms with Gasteiger partial charge in [-0.25, -0.2) is 4.98 Å². The summed E-state index contributed by atoms with van der Waals surface area (Å²) >= 11 is 0. The van der Waals surface area contributed by atoms with E-state index in [1.54, 1.807) is 12.1 Å². The van der Waals surface area contributed by atoms with Gasteiger partial charge in [0.2, 0.25) is 23.6 Å². The van der Waals surface area contributed by atoms with Crippen LogP contribution in [0.15, 0.2) is 36.8 Å². The second-order valence-electron chi connectivity index (χ2n) is 8.79. The maximum Gasteiger partial charge on any atom is 0.243 e. The van der Waals surface area contributed by atoms with Gasteiger partial charge in [0.05, 0.1) is 24.7 Å². The highest BCUT2D eigenvalue weighted by atomic mass is 16.3. The van der Waals surface area contributed by atoms with Gasteiger partial charge < -0.3 is 48.3 Å². The molecule has 0 aliphatic rings. The van der Waals surface area contributed by atoms with Crippen molar-refractivity contribution in [3.63, 3.8) is 0 Å². The number of phenols is 1. The van der Waals surface area contributed by atoms with Gasteiger partial charge in [-0.05, 0) is 37.1 Å². The average molecular weight is 533 g/mol. The molecule has 14 heteroatoms. The summed E-state index contributed by atoms with van der Waals surface area (Å²) in [6.45, 7) is -0.266. The number of rotatable bonds is 16. The first-order valence-corrected chi connectivity index (χ1v) is 12.2. The van der Waals surface area contributed by atoms with E-state index < -0.39 is 54.4 Å². The van der Waals surface area contributed by atoms with E-state index >= 15 is 0 Å². The van der Waals surface area contributed by atoms with Crippen LogP contribution in [0.3, 0.4) is 0 Å². The fourth-order valence-corrected chi connectivity index (χ4v) is 3.57. The van der Waals surface area contributed by atoms with E-state index in [1.807, 2.05) is 0 Å². The maximum atomic E-state index is 13.4. The Morgan fingerprint density at radius 3 is 2.08 bits per heavy atom. The number of aromatic nitrogens is 2. The lowest BCUT2D eigenvalue weighted by Crippen LogP contribution is -2.59. The topological polar surface area (TPSA) is 252 Å². The van der Waals surface area contributed by atoms with E-state index in [-0.39, 0.29) is 18.6 Å². The molecule has 2 aromatic rings. The molecule has 0 saturated heterocycles. The highest BCUT2D eigenvalue weighted by Gasteiger charge is 2.30. The molecule has 14 nitrogen and oxygen atoms in total. The third kappa shape index (κ3) is 9.80. The predicted molar refractivity (Wildman–Crippen MR) is 137 cm³/mol. The third-order valence-corrected chi connectivity index (χ3v) is 5.76. The second kappa shape index (κ2) is 15.3. The number of hydrogen-bond acceptors (Lipinski definition) is 9. The van der Waals surface area contributed by atoms with Gasteiger partial charge >= 0.3 is 0 Å². The summed E-state index contributed by atoms with van der Waals surface area (Å²) in [6, 6.07) is 1.48. The number of phenolic OH excluding ortho intramolecular Hbond substituents is 1. The molecule has 2 rings (SSSR count). The molecule has 0 radical (unpaired) electrons. The summed E-state index contributed by atoms with van der Waals surface area (Å²) in [6.07, 6.45) is 4.60. The zero-order valence-electron chi connectivity index (χ0n) is 20.9. The first-order valence-electron chi connectivity index (χ1n) is 12.2. The molecular formula is C24H36N8O6. The van der Waals surface area contributed by atoms with Crippen LogP contribution < -0.4 is 33.2 Å². The summed E-state index contributed by atoms with van der Waals surface area (Å²) in [5.74, 6) is -2.96. The van der Waals surface area contributed by atoms with Crippen LogP contribution in [0, 0.1) is 0 Å². The Kier molecular flexibility index (Phi) is 12.2. The molecule has 0 bridgehead atoms. The Morgan fingerprint density at radius 2 is 1.53 bits per heavy atom. The number of amides is 4. The van der Waals surface area contributed by atoms with Gasteiger partial charge in [-0.15, -0.1) is 0 Å². The number of aliphatic hydroxyl groups excluding tert-OH is 1. The normalized spacial score (nSPS) is 14.1. The molecule has 0 aliphatic heterocycles. The Bertz CT molecular complexity index is 1050. The van der Waals surface area contributed by atoms with E-state index in [4.69, 9.17) is 17.2 Å². The number of carbonyl (C=O) groups is 4. The van der Waals surface area contributed by atoms with Crippen LogP contribution in [0.2, 0.25) is 0 Å². The van der Waals surface area contributed by atoms with Crippen molar-refractivity contribution in [3.05, 3.63) is 48.0 Å². The number of nitrogens with one attached hydrogen (secondary N) is 4. The van der Waals surface area contributed by atoms with Crippen molar-refractivity contribution in [1.29, 1.82) is 0 Å². The van der Waals surface area contributed by atoms with E-state index in [2.05, 4.69) is 25.9 Å². The molecule has 1 aromatic carbocycles. The van der Waals surface area contributed by atoms with E-state index in [0.29, 0.717) is 37.1 Å². The first-order chi connectivity index (χ1) is 18.1. The van der Waals surface area contributed by atoms with Crippen LogP contribution in [0.25, 0.3) is 0 Å². The number of aromatic hydroxyl groups is 1. The molecule has 4 atom stereocenters. The van der Waals surface area contributed by atoms with Crippen LogP contribution in [-0.2, 0) is 32.0 Å². The number of H-pyrrole nitrogens is 1. The quantitative estimate of drug-likeness (QED) is 0.102. The number of unbranched alkanes of at least 4 members (excludes halogenated alkanes) is 1. The summed E-state index contributed by atoms with van der Waals surface area (Å²) in [5.41, 5.74) is 17.8. The van der Waals surface area contributed by atoms with Gasteiger partial charge in [0.1, 0.15) is 23.9 Å². The van der Waals surface area contributed by atoms with Crippen LogP contribution >= 0.6 is 0 Å². The highest BCUT2D eigenvalue weighted by molar-refractivity contribution is 5.94. The van der Waals surface area contributed by atoms with Gasteiger partial charge in [0, 0.05) is 19.0 Å². The molecule has 208 valence electrons. The lowest BCUT2D eigenvalue weighted by Gasteiger charge is -2.25. The van der Waals surface area contributed by atoms with E-state index in [0.717, 1.165) is 0 Å².